The second-order valence-corrected chi connectivity index (χ2v) is 3.50. The van der Waals surface area contributed by atoms with Gasteiger partial charge in [0.15, 0.2) is 0 Å². The Kier molecular flexibility index (Phi) is 2.68. The molecule has 0 aliphatic rings. The first-order valence-corrected chi connectivity index (χ1v) is 4.90. The third kappa shape index (κ3) is 1.93. The van der Waals surface area contributed by atoms with Crippen LogP contribution in [-0.4, -0.2) is 11.0 Å². The highest BCUT2D eigenvalue weighted by atomic mass is 16.5. The van der Waals surface area contributed by atoms with Crippen LogP contribution in [0.3, 0.4) is 0 Å². The highest BCUT2D eigenvalue weighted by Gasteiger charge is 2.08. The van der Waals surface area contributed by atoms with E-state index in [0.29, 0.717) is 11.3 Å². The number of rotatable bonds is 2. The molecule has 2 aromatic rings. The molecule has 1 aromatic carbocycles. The third-order valence-corrected chi connectivity index (χ3v) is 2.16. The molecule has 0 bridgehead atoms. The van der Waals surface area contributed by atoms with Gasteiger partial charge in [0, 0.05) is 17.2 Å². The first-order chi connectivity index (χ1) is 7.68. The van der Waals surface area contributed by atoms with Crippen LogP contribution in [0, 0.1) is 0 Å². The summed E-state index contributed by atoms with van der Waals surface area (Å²) in [5.41, 5.74) is 1.18. The Morgan fingerprint density at radius 1 is 1.31 bits per heavy atom. The lowest BCUT2D eigenvalue weighted by Crippen LogP contribution is -2.08. The molecule has 0 unspecified atom stereocenters. The largest absolute Gasteiger partial charge is 0.422 e. The van der Waals surface area contributed by atoms with Gasteiger partial charge in [-0.05, 0) is 25.1 Å². The molecule has 80 valence electrons. The Morgan fingerprint density at radius 3 is 2.81 bits per heavy atom. The maximum atomic E-state index is 11.4. The molecule has 16 heavy (non-hydrogen) atoms. The number of fused-ring (bicyclic) bond motifs is 1. The lowest BCUT2D eigenvalue weighted by molar-refractivity contribution is -0.129. The second-order valence-electron chi connectivity index (χ2n) is 3.50. The van der Waals surface area contributed by atoms with Gasteiger partial charge >= 0.3 is 5.97 Å². The molecule has 3 nitrogen and oxygen atoms in total. The summed E-state index contributed by atoms with van der Waals surface area (Å²) in [5.74, 6) is 0.0925. The average molecular weight is 213 g/mol. The summed E-state index contributed by atoms with van der Waals surface area (Å²) in [6.07, 6.45) is 1.61. The minimum absolute atomic E-state index is 0.376. The second kappa shape index (κ2) is 4.14. The number of benzene rings is 1. The normalized spacial score (nSPS) is 10.1. The SMILES string of the molecule is C=C(C)C(=O)Oc1ccnc2ccccc12. The fraction of sp³-hybridized carbons (Fsp3) is 0.0769. The maximum Gasteiger partial charge on any atom is 0.338 e. The minimum atomic E-state index is -0.420. The predicted octanol–water partition coefficient (Wildman–Crippen LogP) is 2.72. The van der Waals surface area contributed by atoms with Crippen molar-refractivity contribution in [3.63, 3.8) is 0 Å². The predicted molar refractivity (Wildman–Crippen MR) is 62.2 cm³/mol. The molecule has 2 rings (SSSR count). The number of carbonyl (C=O) groups is 1. The van der Waals surface area contributed by atoms with Crippen LogP contribution in [0.4, 0.5) is 0 Å². The quantitative estimate of drug-likeness (QED) is 0.568. The Morgan fingerprint density at radius 2 is 2.06 bits per heavy atom. The molecule has 3 heteroatoms. The first kappa shape index (κ1) is 10.4. The number of esters is 1. The molecular weight excluding hydrogens is 202 g/mol. The summed E-state index contributed by atoms with van der Waals surface area (Å²) in [6.45, 7) is 5.16. The van der Waals surface area contributed by atoms with E-state index in [4.69, 9.17) is 4.74 Å². The van der Waals surface area contributed by atoms with Gasteiger partial charge in [-0.3, -0.25) is 4.98 Å². The Labute approximate surface area is 93.4 Å². The number of nitrogens with zero attached hydrogens (tertiary/aromatic N) is 1. The number of hydrogen-bond acceptors (Lipinski definition) is 3. The van der Waals surface area contributed by atoms with Gasteiger partial charge in [0.05, 0.1) is 5.52 Å². The van der Waals surface area contributed by atoms with Gasteiger partial charge in [-0.1, -0.05) is 18.7 Å². The number of ether oxygens (including phenoxy) is 1. The van der Waals surface area contributed by atoms with Gasteiger partial charge < -0.3 is 4.74 Å². The van der Waals surface area contributed by atoms with Gasteiger partial charge in [-0.25, -0.2) is 4.79 Å². The number of aromatic nitrogens is 1. The van der Waals surface area contributed by atoms with Crippen molar-refractivity contribution in [1.29, 1.82) is 0 Å². The standard InChI is InChI=1S/C13H11NO2/c1-9(2)13(15)16-12-7-8-14-11-6-4-3-5-10(11)12/h3-8H,1H2,2H3. The summed E-state index contributed by atoms with van der Waals surface area (Å²) >= 11 is 0. The molecule has 1 heterocycles. The van der Waals surface area contributed by atoms with Crippen molar-refractivity contribution >= 4 is 16.9 Å². The van der Waals surface area contributed by atoms with E-state index in [1.807, 2.05) is 24.3 Å². The highest BCUT2D eigenvalue weighted by molar-refractivity contribution is 5.93. The van der Waals surface area contributed by atoms with Crippen LogP contribution in [0.1, 0.15) is 6.92 Å². The van der Waals surface area contributed by atoms with Gasteiger partial charge in [0.1, 0.15) is 5.75 Å². The van der Waals surface area contributed by atoms with Crippen molar-refractivity contribution in [2.75, 3.05) is 0 Å². The molecule has 0 amide bonds. The van der Waals surface area contributed by atoms with E-state index in [1.54, 1.807) is 19.2 Å². The van der Waals surface area contributed by atoms with Crippen molar-refractivity contribution in [1.82, 2.24) is 4.98 Å². The number of carbonyl (C=O) groups excluding carboxylic acids is 1. The first-order valence-electron chi connectivity index (χ1n) is 4.90. The smallest absolute Gasteiger partial charge is 0.338 e. The van der Waals surface area contributed by atoms with E-state index in [9.17, 15) is 4.79 Å². The molecule has 0 fully saturated rings. The van der Waals surface area contributed by atoms with Crippen LogP contribution in [-0.2, 0) is 4.79 Å². The van der Waals surface area contributed by atoms with E-state index in [1.165, 1.54) is 0 Å². The van der Waals surface area contributed by atoms with Crippen LogP contribution in [0.25, 0.3) is 10.9 Å². The van der Waals surface area contributed by atoms with Crippen molar-refractivity contribution < 1.29 is 9.53 Å². The minimum Gasteiger partial charge on any atom is -0.422 e. The van der Waals surface area contributed by atoms with E-state index < -0.39 is 5.97 Å². The van der Waals surface area contributed by atoms with E-state index in [2.05, 4.69) is 11.6 Å². The zero-order chi connectivity index (χ0) is 11.5. The van der Waals surface area contributed by atoms with Crippen molar-refractivity contribution in [3.8, 4) is 5.75 Å². The molecule has 0 saturated carbocycles. The zero-order valence-electron chi connectivity index (χ0n) is 8.93. The van der Waals surface area contributed by atoms with E-state index in [-0.39, 0.29) is 0 Å². The van der Waals surface area contributed by atoms with Crippen LogP contribution in [0.5, 0.6) is 5.75 Å². The zero-order valence-corrected chi connectivity index (χ0v) is 8.93. The van der Waals surface area contributed by atoms with Gasteiger partial charge in [0.25, 0.3) is 0 Å². The summed E-state index contributed by atoms with van der Waals surface area (Å²) in [4.78, 5) is 15.6. The Hall–Kier alpha value is -2.16. The van der Waals surface area contributed by atoms with Gasteiger partial charge in [-0.2, -0.15) is 0 Å². The molecule has 0 N–H and O–H groups in total. The molecule has 0 saturated heterocycles. The van der Waals surface area contributed by atoms with Crippen LogP contribution >= 0.6 is 0 Å². The molecule has 0 spiro atoms. The maximum absolute atomic E-state index is 11.4. The number of pyridine rings is 1. The lowest BCUT2D eigenvalue weighted by Gasteiger charge is -2.06. The monoisotopic (exact) mass is 213 g/mol. The third-order valence-electron chi connectivity index (χ3n) is 2.16. The average Bonchev–Trinajstić information content (AvgIpc) is 2.29. The van der Waals surface area contributed by atoms with Crippen LogP contribution in [0.15, 0.2) is 48.7 Å². The van der Waals surface area contributed by atoms with Crippen LogP contribution in [0.2, 0.25) is 0 Å². The molecular formula is C13H11NO2. The fourth-order valence-corrected chi connectivity index (χ4v) is 1.35. The summed E-state index contributed by atoms with van der Waals surface area (Å²) in [7, 11) is 0. The van der Waals surface area contributed by atoms with Crippen LogP contribution < -0.4 is 4.74 Å². The molecule has 0 aliphatic carbocycles. The van der Waals surface area contributed by atoms with Crippen molar-refractivity contribution in [3.05, 3.63) is 48.7 Å². The Bertz CT molecular complexity index is 555. The summed E-state index contributed by atoms with van der Waals surface area (Å²) in [5, 5.41) is 0.819. The lowest BCUT2D eigenvalue weighted by atomic mass is 10.2. The van der Waals surface area contributed by atoms with Gasteiger partial charge in [-0.15, -0.1) is 0 Å². The van der Waals surface area contributed by atoms with E-state index in [0.717, 1.165) is 10.9 Å². The van der Waals surface area contributed by atoms with Crippen molar-refractivity contribution in [2.24, 2.45) is 0 Å². The summed E-state index contributed by atoms with van der Waals surface area (Å²) < 4.78 is 5.21. The highest BCUT2D eigenvalue weighted by Crippen LogP contribution is 2.23. The summed E-state index contributed by atoms with van der Waals surface area (Å²) in [6, 6.07) is 9.17. The topological polar surface area (TPSA) is 39.2 Å². The van der Waals surface area contributed by atoms with Gasteiger partial charge in [0.2, 0.25) is 0 Å². The van der Waals surface area contributed by atoms with E-state index >= 15 is 0 Å². The molecule has 0 atom stereocenters. The Balaban J connectivity index is 2.45. The number of hydrogen-bond donors (Lipinski definition) is 0. The number of para-hydroxylation sites is 1. The molecule has 1 aromatic heterocycles. The molecule has 0 aliphatic heterocycles. The fourth-order valence-electron chi connectivity index (χ4n) is 1.35. The van der Waals surface area contributed by atoms with Crippen molar-refractivity contribution in [2.45, 2.75) is 6.92 Å². The molecule has 0 radical (unpaired) electrons.